The molecule has 0 aliphatic carbocycles. The van der Waals surface area contributed by atoms with Crippen molar-refractivity contribution in [3.05, 3.63) is 24.3 Å². The van der Waals surface area contributed by atoms with Crippen LogP contribution in [0.4, 0.5) is 0 Å². The van der Waals surface area contributed by atoms with Crippen molar-refractivity contribution in [2.45, 2.75) is 120 Å². The highest BCUT2D eigenvalue weighted by molar-refractivity contribution is 5.60. The van der Waals surface area contributed by atoms with Crippen molar-refractivity contribution in [3.8, 4) is 0 Å². The molecule has 0 radical (unpaired) electrons. The van der Waals surface area contributed by atoms with Crippen LogP contribution in [0, 0.1) is 0 Å². The maximum absolute atomic E-state index is 4.14. The van der Waals surface area contributed by atoms with E-state index in [1.807, 2.05) is 40.1 Å². The first-order valence-electron chi connectivity index (χ1n) is 16.4. The Morgan fingerprint density at radius 3 is 0.875 bits per heavy atom. The summed E-state index contributed by atoms with van der Waals surface area (Å²) in [6.45, 7) is 37.0. The molecular formula is C34H70N6. The van der Waals surface area contributed by atoms with Gasteiger partial charge in [0.1, 0.15) is 0 Å². The van der Waals surface area contributed by atoms with Crippen LogP contribution < -0.4 is 0 Å². The Kier molecular flexibility index (Phi) is 28.4. The molecule has 6 nitrogen and oxygen atoms in total. The molecule has 0 aromatic heterocycles. The van der Waals surface area contributed by atoms with Gasteiger partial charge in [-0.2, -0.15) is 0 Å². The predicted octanol–water partition coefficient (Wildman–Crippen LogP) is 6.93. The third kappa shape index (κ3) is 21.4. The first kappa shape index (κ1) is 40.8. The molecule has 0 aromatic carbocycles. The lowest BCUT2D eigenvalue weighted by molar-refractivity contribution is 0.243. The first-order chi connectivity index (χ1) is 19.2. The minimum absolute atomic E-state index is 0.678. The van der Waals surface area contributed by atoms with Gasteiger partial charge in [-0.1, -0.05) is 52.0 Å². The number of aliphatic imine (C=N–C) groups is 2. The van der Waals surface area contributed by atoms with E-state index in [1.165, 1.54) is 25.9 Å². The zero-order valence-electron chi connectivity index (χ0n) is 28.9. The van der Waals surface area contributed by atoms with Crippen LogP contribution in [0.15, 0.2) is 34.3 Å². The molecule has 4 aliphatic rings. The lowest BCUT2D eigenvalue weighted by atomic mass is 10.2. The standard InChI is InChI=1S/2C8H15N.2C7H14N2.2C2H6/c2*1-8(2)9-6-4-3-5-7-9;2*1-7(2)9-5-3-8-4-6-9;2*1-2/h2*3-4,8H,5-7H2,1-2H3;2*3,7H,4-6H2,1-2H3;2*1-2H3. The molecule has 0 aromatic rings. The second kappa shape index (κ2) is 27.8. The lowest BCUT2D eigenvalue weighted by Gasteiger charge is -2.26. The molecule has 0 unspecified atom stereocenters. The molecule has 0 spiro atoms. The van der Waals surface area contributed by atoms with Crippen LogP contribution in [0.2, 0.25) is 0 Å². The molecular weight excluding hydrogens is 492 g/mol. The van der Waals surface area contributed by atoms with Crippen LogP contribution in [0.1, 0.15) is 95.9 Å². The van der Waals surface area contributed by atoms with Crippen molar-refractivity contribution < 1.29 is 0 Å². The highest BCUT2D eigenvalue weighted by Crippen LogP contribution is 2.05. The number of nitrogens with zero attached hydrogens (tertiary/aromatic N) is 6. The normalized spacial score (nSPS) is 19.4. The minimum atomic E-state index is 0.678. The molecule has 4 heterocycles. The molecule has 0 saturated carbocycles. The summed E-state index contributed by atoms with van der Waals surface area (Å²) in [5, 5.41) is 0. The van der Waals surface area contributed by atoms with Crippen LogP contribution in [0.25, 0.3) is 0 Å². The second-order valence-corrected chi connectivity index (χ2v) is 11.1. The van der Waals surface area contributed by atoms with Gasteiger partial charge in [-0.25, -0.2) is 0 Å². The van der Waals surface area contributed by atoms with Gasteiger partial charge in [0.25, 0.3) is 0 Å². The summed E-state index contributed by atoms with van der Waals surface area (Å²) in [5.41, 5.74) is 0. The molecule has 0 atom stereocenters. The van der Waals surface area contributed by atoms with Crippen molar-refractivity contribution in [2.75, 3.05) is 65.4 Å². The Hall–Kier alpha value is -1.34. The molecule has 40 heavy (non-hydrogen) atoms. The van der Waals surface area contributed by atoms with E-state index in [2.05, 4.69) is 109 Å². The SMILES string of the molecule is CC.CC.CC(C)N1CC=CCC1.CC(C)N1CC=CCC1.CC(C)N1CC=NCC1.CC(C)N1CC=NCC1. The zero-order valence-corrected chi connectivity index (χ0v) is 28.9. The fourth-order valence-corrected chi connectivity index (χ4v) is 4.26. The molecule has 4 rings (SSSR count). The van der Waals surface area contributed by atoms with E-state index in [4.69, 9.17) is 0 Å². The van der Waals surface area contributed by atoms with Gasteiger partial charge < -0.3 is 0 Å². The van der Waals surface area contributed by atoms with Gasteiger partial charge >= 0.3 is 0 Å². The van der Waals surface area contributed by atoms with E-state index < -0.39 is 0 Å². The monoisotopic (exact) mass is 563 g/mol. The van der Waals surface area contributed by atoms with Gasteiger partial charge in [-0.3, -0.25) is 29.6 Å². The predicted molar refractivity (Wildman–Crippen MR) is 184 cm³/mol. The summed E-state index contributed by atoms with van der Waals surface area (Å²) < 4.78 is 0. The lowest BCUT2D eigenvalue weighted by Crippen LogP contribution is -2.37. The Labute approximate surface area is 251 Å². The molecule has 4 aliphatic heterocycles. The van der Waals surface area contributed by atoms with E-state index in [1.54, 1.807) is 0 Å². The maximum atomic E-state index is 4.14. The number of hydrogen-bond acceptors (Lipinski definition) is 6. The van der Waals surface area contributed by atoms with Crippen LogP contribution in [0.3, 0.4) is 0 Å². The quantitative estimate of drug-likeness (QED) is 0.348. The third-order valence-corrected chi connectivity index (χ3v) is 7.02. The summed E-state index contributed by atoms with van der Waals surface area (Å²) in [4.78, 5) is 18.0. The highest BCUT2D eigenvalue weighted by Gasteiger charge is 2.10. The summed E-state index contributed by atoms with van der Waals surface area (Å²) in [7, 11) is 0. The van der Waals surface area contributed by atoms with Crippen molar-refractivity contribution in [2.24, 2.45) is 9.98 Å². The Morgan fingerprint density at radius 1 is 0.425 bits per heavy atom. The van der Waals surface area contributed by atoms with Crippen LogP contribution >= 0.6 is 0 Å². The summed E-state index contributed by atoms with van der Waals surface area (Å²) >= 11 is 0. The van der Waals surface area contributed by atoms with E-state index in [-0.39, 0.29) is 0 Å². The molecule has 0 bridgehead atoms. The summed E-state index contributed by atoms with van der Waals surface area (Å²) in [6.07, 6.45) is 15.5. The Morgan fingerprint density at radius 2 is 0.725 bits per heavy atom. The number of hydrogen-bond donors (Lipinski definition) is 0. The first-order valence-corrected chi connectivity index (χ1v) is 16.4. The average Bonchev–Trinajstić information content (AvgIpc) is 3.02. The Balaban J connectivity index is 0. The Bertz CT molecular complexity index is 539. The smallest absolute Gasteiger partial charge is 0.0513 e. The van der Waals surface area contributed by atoms with Crippen molar-refractivity contribution in [1.29, 1.82) is 0 Å². The van der Waals surface area contributed by atoms with Gasteiger partial charge in [-0.15, -0.1) is 0 Å². The third-order valence-electron chi connectivity index (χ3n) is 7.02. The van der Waals surface area contributed by atoms with Gasteiger partial charge in [0.2, 0.25) is 0 Å². The van der Waals surface area contributed by atoms with Crippen LogP contribution in [0.5, 0.6) is 0 Å². The van der Waals surface area contributed by atoms with E-state index in [9.17, 15) is 0 Å². The molecule has 236 valence electrons. The minimum Gasteiger partial charge on any atom is -0.297 e. The highest BCUT2D eigenvalue weighted by atomic mass is 15.2. The van der Waals surface area contributed by atoms with Crippen molar-refractivity contribution in [3.63, 3.8) is 0 Å². The van der Waals surface area contributed by atoms with Crippen LogP contribution in [-0.4, -0.2) is 122 Å². The second-order valence-electron chi connectivity index (χ2n) is 11.1. The summed E-state index contributed by atoms with van der Waals surface area (Å²) in [5.74, 6) is 0. The largest absolute Gasteiger partial charge is 0.297 e. The van der Waals surface area contributed by atoms with E-state index in [0.29, 0.717) is 12.1 Å². The maximum Gasteiger partial charge on any atom is 0.0513 e. The van der Waals surface area contributed by atoms with Crippen molar-refractivity contribution >= 4 is 12.4 Å². The summed E-state index contributed by atoms with van der Waals surface area (Å²) in [6, 6.07) is 2.79. The van der Waals surface area contributed by atoms with Gasteiger partial charge in [0.05, 0.1) is 13.1 Å². The van der Waals surface area contributed by atoms with Crippen LogP contribution in [-0.2, 0) is 0 Å². The van der Waals surface area contributed by atoms with Crippen molar-refractivity contribution in [1.82, 2.24) is 19.6 Å². The molecule has 0 fully saturated rings. The molecule has 0 saturated heterocycles. The fraction of sp³-hybridized carbons (Fsp3) is 0.824. The van der Waals surface area contributed by atoms with E-state index in [0.717, 1.165) is 64.4 Å². The molecule has 0 amide bonds. The van der Waals surface area contributed by atoms with Gasteiger partial charge in [-0.05, 0) is 68.2 Å². The van der Waals surface area contributed by atoms with Gasteiger partial charge in [0.15, 0.2) is 0 Å². The average molecular weight is 563 g/mol. The zero-order chi connectivity index (χ0) is 30.8. The molecule has 0 N–H and O–H groups in total. The van der Waals surface area contributed by atoms with E-state index >= 15 is 0 Å². The number of rotatable bonds is 4. The topological polar surface area (TPSA) is 37.7 Å². The fourth-order valence-electron chi connectivity index (χ4n) is 4.26. The molecule has 6 heteroatoms. The van der Waals surface area contributed by atoms with Gasteiger partial charge in [0, 0.05) is 89.0 Å².